The lowest BCUT2D eigenvalue weighted by atomic mass is 10.0. The molecule has 1 atom stereocenters. The molecule has 0 aliphatic carbocycles. The maximum atomic E-state index is 11.2. The summed E-state index contributed by atoms with van der Waals surface area (Å²) in [7, 11) is 0. The Morgan fingerprint density at radius 3 is 2.63 bits per heavy atom. The minimum absolute atomic E-state index is 0.294. The molecule has 0 aliphatic rings. The van der Waals surface area contributed by atoms with Crippen LogP contribution in [-0.4, -0.2) is 27.1 Å². The fraction of sp³-hybridized carbons (Fsp3) is 0.357. The van der Waals surface area contributed by atoms with E-state index in [0.29, 0.717) is 18.2 Å². The van der Waals surface area contributed by atoms with Gasteiger partial charge >= 0.3 is 5.97 Å². The van der Waals surface area contributed by atoms with Crippen LogP contribution in [0.25, 0.3) is 11.0 Å². The van der Waals surface area contributed by atoms with Crippen LogP contribution in [0.2, 0.25) is 0 Å². The highest BCUT2D eigenvalue weighted by atomic mass is 16.4. The molecule has 5 nitrogen and oxygen atoms in total. The van der Waals surface area contributed by atoms with Crippen molar-refractivity contribution in [3.63, 3.8) is 0 Å². The number of para-hydroxylation sites is 2. The number of anilines is 1. The number of aromatic nitrogens is 2. The standard InChI is InChI=1S/C14H17N3O2/c1-9(2)7-12(14(18)19)17-13-8-15-10-5-3-4-6-11(10)16-13/h3-6,8-9,12H,7H2,1-2H3,(H,16,17)(H,18,19)/t12-/m1/s1. The second-order valence-electron chi connectivity index (χ2n) is 4.91. The van der Waals surface area contributed by atoms with E-state index >= 15 is 0 Å². The van der Waals surface area contributed by atoms with Crippen molar-refractivity contribution in [1.29, 1.82) is 0 Å². The maximum Gasteiger partial charge on any atom is 0.326 e. The Bertz CT molecular complexity index is 584. The van der Waals surface area contributed by atoms with Crippen LogP contribution in [0, 0.1) is 5.92 Å². The molecular formula is C14H17N3O2. The van der Waals surface area contributed by atoms with E-state index in [1.54, 1.807) is 6.20 Å². The summed E-state index contributed by atoms with van der Waals surface area (Å²) in [5, 5.41) is 12.1. The Kier molecular flexibility index (Phi) is 3.94. The van der Waals surface area contributed by atoms with Gasteiger partial charge in [0.1, 0.15) is 11.9 Å². The van der Waals surface area contributed by atoms with Gasteiger partial charge in [-0.1, -0.05) is 26.0 Å². The zero-order valence-corrected chi connectivity index (χ0v) is 11.0. The number of carbonyl (C=O) groups is 1. The van der Waals surface area contributed by atoms with Crippen LogP contribution in [0.4, 0.5) is 5.82 Å². The third-order valence-corrected chi connectivity index (χ3v) is 2.78. The molecule has 0 radical (unpaired) electrons. The third kappa shape index (κ3) is 3.40. The molecule has 1 aromatic carbocycles. The minimum Gasteiger partial charge on any atom is -0.480 e. The molecule has 0 fully saturated rings. The summed E-state index contributed by atoms with van der Waals surface area (Å²) < 4.78 is 0. The van der Waals surface area contributed by atoms with E-state index in [-0.39, 0.29) is 0 Å². The zero-order valence-electron chi connectivity index (χ0n) is 11.0. The van der Waals surface area contributed by atoms with E-state index in [1.165, 1.54) is 0 Å². The number of hydrogen-bond acceptors (Lipinski definition) is 4. The van der Waals surface area contributed by atoms with Gasteiger partial charge in [-0.2, -0.15) is 0 Å². The molecule has 0 saturated heterocycles. The number of hydrogen-bond donors (Lipinski definition) is 2. The largest absolute Gasteiger partial charge is 0.480 e. The van der Waals surface area contributed by atoms with Crippen molar-refractivity contribution in [3.8, 4) is 0 Å². The van der Waals surface area contributed by atoms with Gasteiger partial charge in [-0.05, 0) is 24.5 Å². The molecule has 0 saturated carbocycles. The van der Waals surface area contributed by atoms with Crippen molar-refractivity contribution in [2.75, 3.05) is 5.32 Å². The van der Waals surface area contributed by atoms with Crippen LogP contribution in [0.15, 0.2) is 30.5 Å². The number of carboxylic acid groups (broad SMARTS) is 1. The normalized spacial score (nSPS) is 12.6. The molecule has 0 aliphatic heterocycles. The first-order valence-corrected chi connectivity index (χ1v) is 6.27. The lowest BCUT2D eigenvalue weighted by molar-refractivity contribution is -0.138. The molecule has 2 rings (SSSR count). The summed E-state index contributed by atoms with van der Waals surface area (Å²) in [5.41, 5.74) is 1.55. The smallest absolute Gasteiger partial charge is 0.326 e. The molecule has 19 heavy (non-hydrogen) atoms. The molecule has 0 unspecified atom stereocenters. The van der Waals surface area contributed by atoms with Gasteiger partial charge in [0.05, 0.1) is 17.2 Å². The van der Waals surface area contributed by atoms with Gasteiger partial charge in [-0.15, -0.1) is 0 Å². The molecule has 1 aromatic heterocycles. The van der Waals surface area contributed by atoms with Crippen molar-refractivity contribution in [2.24, 2.45) is 5.92 Å². The fourth-order valence-electron chi connectivity index (χ4n) is 1.90. The highest BCUT2D eigenvalue weighted by Crippen LogP contribution is 2.14. The Balaban J connectivity index is 2.21. The average molecular weight is 259 g/mol. The third-order valence-electron chi connectivity index (χ3n) is 2.78. The summed E-state index contributed by atoms with van der Waals surface area (Å²) in [6, 6.07) is 6.85. The summed E-state index contributed by atoms with van der Waals surface area (Å²) >= 11 is 0. The minimum atomic E-state index is -0.872. The number of rotatable bonds is 5. The molecule has 0 amide bonds. The summed E-state index contributed by atoms with van der Waals surface area (Å²) in [5.74, 6) is -0.0857. The molecular weight excluding hydrogens is 242 g/mol. The lowest BCUT2D eigenvalue weighted by Gasteiger charge is -2.16. The van der Waals surface area contributed by atoms with Crippen LogP contribution in [-0.2, 0) is 4.79 Å². The first-order valence-electron chi connectivity index (χ1n) is 6.27. The highest BCUT2D eigenvalue weighted by Gasteiger charge is 2.19. The van der Waals surface area contributed by atoms with Gasteiger partial charge in [-0.25, -0.2) is 9.78 Å². The molecule has 2 aromatic rings. The lowest BCUT2D eigenvalue weighted by Crippen LogP contribution is -2.31. The summed E-state index contributed by atoms with van der Waals surface area (Å²) in [6.07, 6.45) is 2.11. The first-order chi connectivity index (χ1) is 9.06. The molecule has 0 bridgehead atoms. The molecule has 0 spiro atoms. The SMILES string of the molecule is CC(C)C[C@@H](Nc1cnc2ccccc2n1)C(=O)O. The van der Waals surface area contributed by atoms with Crippen LogP contribution in [0.3, 0.4) is 0 Å². The van der Waals surface area contributed by atoms with E-state index in [2.05, 4.69) is 15.3 Å². The maximum absolute atomic E-state index is 11.2. The van der Waals surface area contributed by atoms with Crippen molar-refractivity contribution < 1.29 is 9.90 Å². The van der Waals surface area contributed by atoms with Gasteiger partial charge in [0.25, 0.3) is 0 Å². The average Bonchev–Trinajstić information content (AvgIpc) is 2.37. The highest BCUT2D eigenvalue weighted by molar-refractivity contribution is 5.78. The molecule has 5 heteroatoms. The molecule has 1 heterocycles. The molecule has 2 N–H and O–H groups in total. The number of fused-ring (bicyclic) bond motifs is 1. The Morgan fingerprint density at radius 2 is 2.00 bits per heavy atom. The van der Waals surface area contributed by atoms with E-state index in [0.717, 1.165) is 11.0 Å². The van der Waals surface area contributed by atoms with Crippen molar-refractivity contribution in [2.45, 2.75) is 26.3 Å². The predicted octanol–water partition coefficient (Wildman–Crippen LogP) is 2.54. The second kappa shape index (κ2) is 5.65. The fourth-order valence-corrected chi connectivity index (χ4v) is 1.90. The molecule has 100 valence electrons. The number of nitrogens with zero attached hydrogens (tertiary/aromatic N) is 2. The summed E-state index contributed by atoms with van der Waals surface area (Å²) in [6.45, 7) is 3.98. The predicted molar refractivity (Wildman–Crippen MR) is 74.0 cm³/mol. The van der Waals surface area contributed by atoms with Crippen molar-refractivity contribution in [1.82, 2.24) is 9.97 Å². The van der Waals surface area contributed by atoms with Crippen molar-refractivity contribution in [3.05, 3.63) is 30.5 Å². The van der Waals surface area contributed by atoms with Crippen LogP contribution in [0.1, 0.15) is 20.3 Å². The van der Waals surface area contributed by atoms with Gasteiger partial charge in [0, 0.05) is 0 Å². The monoisotopic (exact) mass is 259 g/mol. The van der Waals surface area contributed by atoms with Crippen LogP contribution >= 0.6 is 0 Å². The summed E-state index contributed by atoms with van der Waals surface area (Å²) in [4.78, 5) is 19.8. The zero-order chi connectivity index (χ0) is 13.8. The number of carboxylic acids is 1. The van der Waals surface area contributed by atoms with Gasteiger partial charge < -0.3 is 10.4 Å². The topological polar surface area (TPSA) is 75.1 Å². The van der Waals surface area contributed by atoms with Crippen molar-refractivity contribution >= 4 is 22.8 Å². The first kappa shape index (κ1) is 13.3. The van der Waals surface area contributed by atoms with Crippen LogP contribution < -0.4 is 5.32 Å². The second-order valence-corrected chi connectivity index (χ2v) is 4.91. The van der Waals surface area contributed by atoms with Gasteiger partial charge in [-0.3, -0.25) is 4.98 Å². The Hall–Kier alpha value is -2.17. The van der Waals surface area contributed by atoms with E-state index in [1.807, 2.05) is 38.1 Å². The number of nitrogens with one attached hydrogen (secondary N) is 1. The van der Waals surface area contributed by atoms with E-state index in [9.17, 15) is 9.90 Å². The number of aliphatic carboxylic acids is 1. The van der Waals surface area contributed by atoms with Crippen LogP contribution in [0.5, 0.6) is 0 Å². The quantitative estimate of drug-likeness (QED) is 0.863. The Morgan fingerprint density at radius 1 is 1.32 bits per heavy atom. The van der Waals surface area contributed by atoms with E-state index in [4.69, 9.17) is 0 Å². The van der Waals surface area contributed by atoms with Gasteiger partial charge in [0.15, 0.2) is 0 Å². The number of benzene rings is 1. The Labute approximate surface area is 111 Å². The van der Waals surface area contributed by atoms with E-state index < -0.39 is 12.0 Å². The van der Waals surface area contributed by atoms with Gasteiger partial charge in [0.2, 0.25) is 0 Å².